The average Bonchev–Trinajstić information content (AvgIpc) is 1.85. The second-order valence-corrected chi connectivity index (χ2v) is 1.55. The molecular formula is C4H7NO5. The summed E-state index contributed by atoms with van der Waals surface area (Å²) in [5.74, 6) is -0.989. The molecule has 0 saturated heterocycles. The Balaban J connectivity index is 3.72. The third-order valence-electron chi connectivity index (χ3n) is 0.795. The minimum Gasteiger partial charge on any atom is -0.467 e. The molecule has 0 aliphatic heterocycles. The van der Waals surface area contributed by atoms with Crippen LogP contribution in [0.2, 0.25) is 0 Å². The molecule has 0 aromatic heterocycles. The van der Waals surface area contributed by atoms with Gasteiger partial charge in [-0.05, 0) is 0 Å². The van der Waals surface area contributed by atoms with Crippen molar-refractivity contribution in [2.45, 2.75) is 6.10 Å². The fourth-order valence-corrected chi connectivity index (χ4v) is 0.352. The molecular weight excluding hydrogens is 142 g/mol. The minimum atomic E-state index is -1.65. The van der Waals surface area contributed by atoms with Gasteiger partial charge in [0.2, 0.25) is 12.6 Å². The van der Waals surface area contributed by atoms with Crippen molar-refractivity contribution in [3.63, 3.8) is 0 Å². The van der Waals surface area contributed by atoms with Gasteiger partial charge in [0.1, 0.15) is 0 Å². The highest BCUT2D eigenvalue weighted by Gasteiger charge is 2.20. The number of nitrogens with zero attached hydrogens (tertiary/aromatic N) is 1. The molecule has 6 nitrogen and oxygen atoms in total. The maximum Gasteiger partial charge on any atom is 0.341 e. The predicted molar refractivity (Wildman–Crippen MR) is 29.9 cm³/mol. The lowest BCUT2D eigenvalue weighted by Gasteiger charge is -2.01. The topological polar surface area (TPSA) is 89.7 Å². The van der Waals surface area contributed by atoms with E-state index in [1.807, 2.05) is 0 Å². The molecule has 10 heavy (non-hydrogen) atoms. The summed E-state index contributed by atoms with van der Waals surface area (Å²) in [4.78, 5) is 19.1. The van der Waals surface area contributed by atoms with Crippen LogP contribution in [0.5, 0.6) is 0 Å². The molecule has 0 saturated carbocycles. The molecule has 0 rings (SSSR count). The van der Waals surface area contributed by atoms with E-state index in [1.54, 1.807) is 0 Å². The van der Waals surface area contributed by atoms with E-state index in [0.717, 1.165) is 7.11 Å². The van der Waals surface area contributed by atoms with Gasteiger partial charge in [-0.3, -0.25) is 10.1 Å². The summed E-state index contributed by atoms with van der Waals surface area (Å²) in [6.45, 7) is -0.813. The van der Waals surface area contributed by atoms with Crippen molar-refractivity contribution in [3.05, 3.63) is 10.1 Å². The SMILES string of the molecule is COC(=O)C(O)C[N+](=O)[O-]. The van der Waals surface area contributed by atoms with Crippen LogP contribution >= 0.6 is 0 Å². The Bertz CT molecular complexity index is 145. The van der Waals surface area contributed by atoms with Crippen molar-refractivity contribution in [1.29, 1.82) is 0 Å². The highest BCUT2D eigenvalue weighted by Crippen LogP contribution is 1.86. The zero-order chi connectivity index (χ0) is 8.15. The Hall–Kier alpha value is -1.17. The summed E-state index contributed by atoms with van der Waals surface area (Å²) in [5, 5.41) is 18.2. The van der Waals surface area contributed by atoms with Crippen molar-refractivity contribution in [2.75, 3.05) is 13.7 Å². The Morgan fingerprint density at radius 2 is 2.40 bits per heavy atom. The van der Waals surface area contributed by atoms with Gasteiger partial charge in [0, 0.05) is 4.92 Å². The van der Waals surface area contributed by atoms with E-state index >= 15 is 0 Å². The molecule has 1 atom stereocenters. The van der Waals surface area contributed by atoms with Gasteiger partial charge in [0.25, 0.3) is 0 Å². The summed E-state index contributed by atoms with van der Waals surface area (Å²) >= 11 is 0. The molecule has 6 heteroatoms. The van der Waals surface area contributed by atoms with Crippen molar-refractivity contribution in [2.24, 2.45) is 0 Å². The molecule has 1 unspecified atom stereocenters. The van der Waals surface area contributed by atoms with Gasteiger partial charge in [-0.2, -0.15) is 0 Å². The number of hydrogen-bond donors (Lipinski definition) is 1. The summed E-state index contributed by atoms with van der Waals surface area (Å²) in [6.07, 6.45) is -1.65. The summed E-state index contributed by atoms with van der Waals surface area (Å²) in [5.41, 5.74) is 0. The number of aliphatic hydroxyl groups is 1. The number of carbonyl (C=O) groups excluding carboxylic acids is 1. The van der Waals surface area contributed by atoms with E-state index in [1.165, 1.54) is 0 Å². The van der Waals surface area contributed by atoms with Gasteiger partial charge in [-0.1, -0.05) is 0 Å². The van der Waals surface area contributed by atoms with Crippen LogP contribution in [0.4, 0.5) is 0 Å². The highest BCUT2D eigenvalue weighted by atomic mass is 16.6. The predicted octanol–water partition coefficient (Wildman–Crippen LogP) is -1.20. The summed E-state index contributed by atoms with van der Waals surface area (Å²) in [7, 11) is 1.05. The summed E-state index contributed by atoms with van der Waals surface area (Å²) in [6, 6.07) is 0. The van der Waals surface area contributed by atoms with E-state index in [0.29, 0.717) is 0 Å². The molecule has 1 N–H and O–H groups in total. The van der Waals surface area contributed by atoms with E-state index in [2.05, 4.69) is 4.74 Å². The molecule has 0 aromatic carbocycles. The number of rotatable bonds is 3. The normalized spacial score (nSPS) is 12.2. The third kappa shape index (κ3) is 2.98. The van der Waals surface area contributed by atoms with Gasteiger partial charge in [-0.25, -0.2) is 4.79 Å². The first-order valence-electron chi connectivity index (χ1n) is 2.45. The first-order chi connectivity index (χ1) is 4.57. The Labute approximate surface area is 56.6 Å². The largest absolute Gasteiger partial charge is 0.467 e. The smallest absolute Gasteiger partial charge is 0.341 e. The molecule has 0 radical (unpaired) electrons. The lowest BCUT2D eigenvalue weighted by molar-refractivity contribution is -0.488. The second-order valence-electron chi connectivity index (χ2n) is 1.55. The molecule has 0 bridgehead atoms. The molecule has 58 valence electrons. The zero-order valence-electron chi connectivity index (χ0n) is 5.31. The van der Waals surface area contributed by atoms with Gasteiger partial charge < -0.3 is 9.84 Å². The monoisotopic (exact) mass is 149 g/mol. The molecule has 0 heterocycles. The quantitative estimate of drug-likeness (QED) is 0.309. The van der Waals surface area contributed by atoms with Crippen LogP contribution in [-0.4, -0.2) is 35.8 Å². The van der Waals surface area contributed by atoms with E-state index in [9.17, 15) is 14.9 Å². The second kappa shape index (κ2) is 3.78. The van der Waals surface area contributed by atoms with E-state index in [4.69, 9.17) is 5.11 Å². The van der Waals surface area contributed by atoms with Gasteiger partial charge in [-0.15, -0.1) is 0 Å². The number of hydrogen-bond acceptors (Lipinski definition) is 5. The minimum absolute atomic E-state index is 0.790. The fourth-order valence-electron chi connectivity index (χ4n) is 0.352. The molecule has 0 aliphatic rings. The van der Waals surface area contributed by atoms with Gasteiger partial charge in [0.15, 0.2) is 0 Å². The maximum atomic E-state index is 10.3. The first kappa shape index (κ1) is 8.83. The Morgan fingerprint density at radius 1 is 1.90 bits per heavy atom. The number of ether oxygens (including phenoxy) is 1. The number of aliphatic hydroxyl groups excluding tert-OH is 1. The van der Waals surface area contributed by atoms with E-state index < -0.39 is 23.5 Å². The van der Waals surface area contributed by atoms with Crippen LogP contribution in [0.3, 0.4) is 0 Å². The Morgan fingerprint density at radius 3 is 2.70 bits per heavy atom. The van der Waals surface area contributed by atoms with Gasteiger partial charge >= 0.3 is 5.97 Å². The van der Waals surface area contributed by atoms with Crippen molar-refractivity contribution in [3.8, 4) is 0 Å². The molecule has 0 spiro atoms. The lowest BCUT2D eigenvalue weighted by Crippen LogP contribution is -2.29. The maximum absolute atomic E-state index is 10.3. The summed E-state index contributed by atoms with van der Waals surface area (Å²) < 4.78 is 4.02. The molecule has 0 aromatic rings. The third-order valence-corrected chi connectivity index (χ3v) is 0.795. The van der Waals surface area contributed by atoms with Crippen molar-refractivity contribution < 1.29 is 19.6 Å². The number of esters is 1. The van der Waals surface area contributed by atoms with Crippen LogP contribution in [-0.2, 0) is 9.53 Å². The lowest BCUT2D eigenvalue weighted by atomic mass is 10.4. The first-order valence-corrected chi connectivity index (χ1v) is 2.45. The fraction of sp³-hybridized carbons (Fsp3) is 0.750. The standard InChI is InChI=1S/C4H7NO5/c1-10-4(7)3(6)2-5(8)9/h3,6H,2H2,1H3. The van der Waals surface area contributed by atoms with Crippen LogP contribution in [0.1, 0.15) is 0 Å². The number of methoxy groups -OCH3 is 1. The van der Waals surface area contributed by atoms with Gasteiger partial charge in [0.05, 0.1) is 7.11 Å². The molecule has 0 amide bonds. The van der Waals surface area contributed by atoms with Crippen LogP contribution in [0, 0.1) is 10.1 Å². The molecule has 0 aliphatic carbocycles. The number of carbonyl (C=O) groups is 1. The Kier molecular flexibility index (Phi) is 3.34. The molecule has 0 fully saturated rings. The highest BCUT2D eigenvalue weighted by molar-refractivity contribution is 5.74. The van der Waals surface area contributed by atoms with Crippen LogP contribution in [0.15, 0.2) is 0 Å². The van der Waals surface area contributed by atoms with E-state index in [-0.39, 0.29) is 0 Å². The van der Waals surface area contributed by atoms with Crippen LogP contribution in [0.25, 0.3) is 0 Å². The zero-order valence-corrected chi connectivity index (χ0v) is 5.31. The van der Waals surface area contributed by atoms with Crippen molar-refractivity contribution >= 4 is 5.97 Å². The number of nitro groups is 1. The average molecular weight is 149 g/mol. The van der Waals surface area contributed by atoms with Crippen LogP contribution < -0.4 is 0 Å². The van der Waals surface area contributed by atoms with Crippen molar-refractivity contribution in [1.82, 2.24) is 0 Å².